The molecule has 1 saturated heterocycles. The summed E-state index contributed by atoms with van der Waals surface area (Å²) in [4.78, 5) is 74.1. The van der Waals surface area contributed by atoms with Gasteiger partial charge >= 0.3 is 17.9 Å². The number of hydrogen-bond acceptors (Lipinski definition) is 9. The Hall–Kier alpha value is -1.68. The van der Waals surface area contributed by atoms with Crippen LogP contribution in [0.15, 0.2) is 24.3 Å². The van der Waals surface area contributed by atoms with Gasteiger partial charge in [0.25, 0.3) is 5.91 Å². The van der Waals surface area contributed by atoms with Crippen molar-refractivity contribution in [2.24, 2.45) is 17.8 Å². The Bertz CT molecular complexity index is 1410. The van der Waals surface area contributed by atoms with Crippen LogP contribution in [0.25, 0.3) is 0 Å². The topological polar surface area (TPSA) is 235 Å². The number of nitrogens with one attached hydrogen (secondary N) is 4. The van der Waals surface area contributed by atoms with E-state index < -0.39 is 60.8 Å². The molecule has 2 saturated carbocycles. The van der Waals surface area contributed by atoms with Crippen molar-refractivity contribution in [3.63, 3.8) is 0 Å². The zero-order valence-electron chi connectivity index (χ0n) is 28.8. The third kappa shape index (κ3) is 12.2. The van der Waals surface area contributed by atoms with Gasteiger partial charge in [-0.25, -0.2) is 9.59 Å². The van der Waals surface area contributed by atoms with Crippen molar-refractivity contribution >= 4 is 130 Å². The van der Waals surface area contributed by atoms with Crippen LogP contribution < -0.4 is 26.2 Å². The first-order valence-electron chi connectivity index (χ1n) is 15.7. The average molecular weight is 725 g/mol. The largest absolute Gasteiger partial charge is 0.481 e. The fourth-order valence-corrected chi connectivity index (χ4v) is 7.12. The number of carboxylic acids is 3. The number of amides is 3. The number of benzene rings is 1. The number of fused-ring (bicyclic) bond motifs is 2. The summed E-state index contributed by atoms with van der Waals surface area (Å²) in [5.74, 6) is -2.45. The van der Waals surface area contributed by atoms with Gasteiger partial charge in [-0.1, -0.05) is 5.92 Å². The number of aliphatic carboxylic acids is 3. The van der Waals surface area contributed by atoms with Crippen LogP contribution in [0.2, 0.25) is 0 Å². The number of nitrogens with zero attached hydrogens (tertiary/aromatic N) is 1. The van der Waals surface area contributed by atoms with E-state index >= 15 is 0 Å². The SMILES string of the molecule is C#CCN(c1ccc(C(=O)N[C@@H](CCC(=O)N[C@H](CCC(=O)O)C(=O)O)C(=O)O)cc1)[C@H]1CCC2CC3NC(CO)NC(=O)C3CC21.[Na].[Na].[Na]. The van der Waals surface area contributed by atoms with Crippen LogP contribution in [0.1, 0.15) is 61.7 Å². The predicted molar refractivity (Wildman–Crippen MR) is 183 cm³/mol. The number of aliphatic hydroxyl groups is 1. The van der Waals surface area contributed by atoms with E-state index in [2.05, 4.69) is 32.1 Å². The maximum absolute atomic E-state index is 13.0. The maximum Gasteiger partial charge on any atom is 0.326 e. The minimum atomic E-state index is -1.45. The molecule has 0 spiro atoms. The Morgan fingerprint density at radius 3 is 2.12 bits per heavy atom. The number of terminal acetylenes is 1. The number of hydrogen-bond donors (Lipinski definition) is 8. The van der Waals surface area contributed by atoms with E-state index in [0.29, 0.717) is 18.9 Å². The number of carboxylic acid groups (broad SMARTS) is 3. The van der Waals surface area contributed by atoms with E-state index in [9.17, 15) is 44.1 Å². The standard InChI is InChI=1S/C32H41N5O10.3Na/c1-2-13-37(25-10-5-18-14-24-21(15-20(18)25)30(43)36-26(16-38)33-24)19-6-3-17(4-7-19)29(42)35-23(32(46)47)8-11-27(39)34-22(31(44)45)9-12-28(40)41;;;/h1,3-4,6-7,18,20-26,33,38H,5,8-16H2,(H,34,39)(H,35,42)(H,36,43)(H,40,41)(H,44,45)(H,46,47);;;/t18?,20?,21?,22-,23+,24?,25+,26?;;;/m1.../s1. The first-order chi connectivity index (χ1) is 22.4. The summed E-state index contributed by atoms with van der Waals surface area (Å²) < 4.78 is 0. The molecule has 257 valence electrons. The Morgan fingerprint density at radius 1 is 0.920 bits per heavy atom. The summed E-state index contributed by atoms with van der Waals surface area (Å²) in [5, 5.41) is 47.9. The summed E-state index contributed by atoms with van der Waals surface area (Å²) in [7, 11) is 0. The van der Waals surface area contributed by atoms with E-state index in [1.54, 1.807) is 24.3 Å². The third-order valence-corrected chi connectivity index (χ3v) is 9.42. The van der Waals surface area contributed by atoms with Gasteiger partial charge in [-0.2, -0.15) is 0 Å². The minimum Gasteiger partial charge on any atom is -0.481 e. The van der Waals surface area contributed by atoms with Crippen molar-refractivity contribution in [1.82, 2.24) is 21.3 Å². The van der Waals surface area contributed by atoms with Crippen molar-refractivity contribution in [3.05, 3.63) is 29.8 Å². The molecule has 3 aliphatic rings. The van der Waals surface area contributed by atoms with Gasteiger partial charge in [0.1, 0.15) is 18.2 Å². The second kappa shape index (κ2) is 21.8. The molecule has 1 aliphatic heterocycles. The number of aliphatic hydroxyl groups excluding tert-OH is 1. The number of carbonyl (C=O) groups excluding carboxylic acids is 3. The molecule has 50 heavy (non-hydrogen) atoms. The van der Waals surface area contributed by atoms with Gasteiger partial charge in [-0.15, -0.1) is 6.42 Å². The second-order valence-corrected chi connectivity index (χ2v) is 12.3. The van der Waals surface area contributed by atoms with Crippen molar-refractivity contribution in [2.45, 2.75) is 81.7 Å². The first-order valence-corrected chi connectivity index (χ1v) is 15.7. The van der Waals surface area contributed by atoms with Crippen LogP contribution in [0, 0.1) is 30.1 Å². The maximum atomic E-state index is 13.0. The molecule has 3 radical (unpaired) electrons. The smallest absolute Gasteiger partial charge is 0.326 e. The van der Waals surface area contributed by atoms with Crippen LogP contribution in [-0.4, -0.2) is 188 Å². The van der Waals surface area contributed by atoms with Crippen molar-refractivity contribution in [2.75, 3.05) is 18.1 Å². The molecule has 8 N–H and O–H groups in total. The fraction of sp³-hybridized carbons (Fsp3) is 0.562. The molecular formula is C32H41N5Na3O10. The Labute approximate surface area is 356 Å². The molecule has 8 atom stereocenters. The molecule has 1 aromatic rings. The van der Waals surface area contributed by atoms with Gasteiger partial charge in [0.05, 0.1) is 19.1 Å². The normalized spacial score (nSPS) is 24.4. The van der Waals surface area contributed by atoms with E-state index in [0.717, 1.165) is 24.9 Å². The molecular weight excluding hydrogens is 683 g/mol. The molecule has 0 bridgehead atoms. The number of rotatable bonds is 15. The molecule has 0 aromatic heterocycles. The predicted octanol–water partition coefficient (Wildman–Crippen LogP) is -1.41. The van der Waals surface area contributed by atoms with Crippen LogP contribution in [0.3, 0.4) is 0 Å². The Balaban J connectivity index is 0.00000417. The summed E-state index contributed by atoms with van der Waals surface area (Å²) >= 11 is 0. The third-order valence-electron chi connectivity index (χ3n) is 9.42. The molecule has 1 aromatic carbocycles. The Kier molecular flexibility index (Phi) is 20.2. The Morgan fingerprint density at radius 2 is 1.54 bits per heavy atom. The molecule has 3 amide bonds. The first kappa shape index (κ1) is 46.3. The molecule has 15 nitrogen and oxygen atoms in total. The van der Waals surface area contributed by atoms with Crippen molar-refractivity contribution in [3.8, 4) is 12.3 Å². The molecule has 5 unspecified atom stereocenters. The van der Waals surface area contributed by atoms with Crippen LogP contribution in [-0.2, 0) is 24.0 Å². The van der Waals surface area contributed by atoms with Crippen LogP contribution in [0.5, 0.6) is 0 Å². The molecule has 18 heteroatoms. The van der Waals surface area contributed by atoms with Gasteiger partial charge in [-0.3, -0.25) is 24.5 Å². The monoisotopic (exact) mass is 724 g/mol. The average Bonchev–Trinajstić information content (AvgIpc) is 3.44. The fourth-order valence-electron chi connectivity index (χ4n) is 7.12. The van der Waals surface area contributed by atoms with Gasteiger partial charge in [0.2, 0.25) is 11.8 Å². The molecule has 3 fully saturated rings. The summed E-state index contributed by atoms with van der Waals surface area (Å²) in [6.07, 6.45) is 7.12. The quantitative estimate of drug-likeness (QED) is 0.0771. The molecule has 4 rings (SSSR count). The van der Waals surface area contributed by atoms with E-state index in [-0.39, 0.29) is 144 Å². The van der Waals surface area contributed by atoms with Crippen LogP contribution in [0.4, 0.5) is 5.69 Å². The molecule has 2 aliphatic carbocycles. The number of carbonyl (C=O) groups is 6. The van der Waals surface area contributed by atoms with Crippen molar-refractivity contribution < 1.29 is 49.2 Å². The van der Waals surface area contributed by atoms with E-state index in [1.165, 1.54) is 0 Å². The van der Waals surface area contributed by atoms with Gasteiger partial charge in [-0.05, 0) is 74.6 Å². The van der Waals surface area contributed by atoms with E-state index in [1.807, 2.05) is 0 Å². The zero-order valence-corrected chi connectivity index (χ0v) is 34.8. The zero-order chi connectivity index (χ0) is 34.2. The van der Waals surface area contributed by atoms with Crippen LogP contribution >= 0.6 is 0 Å². The second-order valence-electron chi connectivity index (χ2n) is 12.3. The van der Waals surface area contributed by atoms with Gasteiger partial charge < -0.3 is 41.3 Å². The number of anilines is 1. The van der Waals surface area contributed by atoms with E-state index in [4.69, 9.17) is 11.5 Å². The summed E-state index contributed by atoms with van der Waals surface area (Å²) in [5.41, 5.74) is 0.957. The molecule has 1 heterocycles. The summed E-state index contributed by atoms with van der Waals surface area (Å²) in [6, 6.07) is 3.76. The summed E-state index contributed by atoms with van der Waals surface area (Å²) in [6.45, 7) is 0.142. The van der Waals surface area contributed by atoms with Gasteiger partial charge in [0, 0.05) is 125 Å². The van der Waals surface area contributed by atoms with Crippen molar-refractivity contribution in [1.29, 1.82) is 0 Å². The minimum absolute atomic E-state index is 0. The van der Waals surface area contributed by atoms with Gasteiger partial charge in [0.15, 0.2) is 0 Å².